The molecule has 2 N–H and O–H groups in total. The minimum Gasteiger partial charge on any atom is -0.366 e. The molecular weight excluding hydrogens is 265 g/mol. The second kappa shape index (κ2) is 4.41. The Labute approximate surface area is 104 Å². The van der Waals surface area contributed by atoms with Gasteiger partial charge in [-0.1, -0.05) is 12.1 Å². The van der Waals surface area contributed by atoms with Crippen LogP contribution in [0.4, 0.5) is 13.2 Å². The van der Waals surface area contributed by atoms with Crippen LogP contribution in [-0.2, 0) is 6.18 Å². The van der Waals surface area contributed by atoms with Crippen LogP contribution in [0.2, 0.25) is 0 Å². The summed E-state index contributed by atoms with van der Waals surface area (Å²) in [7, 11) is 0. The van der Waals surface area contributed by atoms with Gasteiger partial charge in [-0.2, -0.15) is 17.5 Å². The van der Waals surface area contributed by atoms with Crippen molar-refractivity contribution < 1.29 is 18.0 Å². The van der Waals surface area contributed by atoms with E-state index in [1.165, 1.54) is 17.5 Å². The molecule has 3 nitrogen and oxygen atoms in total. The van der Waals surface area contributed by atoms with Gasteiger partial charge in [0.2, 0.25) is 0 Å². The number of carbonyl (C=O) groups excluding carboxylic acids is 1. The quantitative estimate of drug-likeness (QED) is 0.913. The van der Waals surface area contributed by atoms with Crippen LogP contribution in [-0.4, -0.2) is 10.3 Å². The summed E-state index contributed by atoms with van der Waals surface area (Å²) >= 11 is 0.971. The zero-order chi connectivity index (χ0) is 13.3. The molecule has 0 spiro atoms. The van der Waals surface area contributed by atoms with Crippen molar-refractivity contribution in [2.75, 3.05) is 0 Å². The Bertz CT molecular complexity index is 592. The Morgan fingerprint density at radius 2 is 2.06 bits per heavy atom. The fraction of sp³-hybridized carbons (Fsp3) is 0.0909. The maximum atomic E-state index is 12.6. The van der Waals surface area contributed by atoms with Crippen molar-refractivity contribution in [3.05, 3.63) is 40.8 Å². The average molecular weight is 272 g/mol. The van der Waals surface area contributed by atoms with E-state index in [1.807, 2.05) is 0 Å². The zero-order valence-corrected chi connectivity index (χ0v) is 9.68. The number of carbonyl (C=O) groups is 1. The molecule has 0 unspecified atom stereocenters. The van der Waals surface area contributed by atoms with Crippen molar-refractivity contribution in [1.82, 2.24) is 4.37 Å². The topological polar surface area (TPSA) is 56.0 Å². The third-order valence-electron chi connectivity index (χ3n) is 2.30. The van der Waals surface area contributed by atoms with Crippen LogP contribution in [0.3, 0.4) is 0 Å². The highest BCUT2D eigenvalue weighted by Gasteiger charge is 2.30. The predicted molar refractivity (Wildman–Crippen MR) is 61.1 cm³/mol. The molecule has 1 amide bonds. The first-order valence-corrected chi connectivity index (χ1v) is 5.65. The molecule has 0 saturated heterocycles. The van der Waals surface area contributed by atoms with Crippen LogP contribution < -0.4 is 5.73 Å². The second-order valence-electron chi connectivity index (χ2n) is 3.52. The first-order chi connectivity index (χ1) is 8.39. The van der Waals surface area contributed by atoms with Crippen molar-refractivity contribution in [3.63, 3.8) is 0 Å². The summed E-state index contributed by atoms with van der Waals surface area (Å²) in [4.78, 5) is 11.1. The van der Waals surface area contributed by atoms with Crippen molar-refractivity contribution in [3.8, 4) is 11.3 Å². The van der Waals surface area contributed by atoms with E-state index in [0.29, 0.717) is 0 Å². The largest absolute Gasteiger partial charge is 0.416 e. The lowest BCUT2D eigenvalue weighted by atomic mass is 10.0. The third kappa shape index (κ3) is 2.35. The van der Waals surface area contributed by atoms with Crippen LogP contribution in [0.1, 0.15) is 15.9 Å². The van der Waals surface area contributed by atoms with Crippen LogP contribution in [0.5, 0.6) is 0 Å². The highest BCUT2D eigenvalue weighted by Crippen LogP contribution is 2.32. The van der Waals surface area contributed by atoms with E-state index in [4.69, 9.17) is 5.73 Å². The molecule has 0 aliphatic rings. The lowest BCUT2D eigenvalue weighted by Crippen LogP contribution is -2.11. The van der Waals surface area contributed by atoms with Gasteiger partial charge in [-0.05, 0) is 23.7 Å². The van der Waals surface area contributed by atoms with Crippen LogP contribution in [0, 0.1) is 0 Å². The van der Waals surface area contributed by atoms with E-state index >= 15 is 0 Å². The maximum Gasteiger partial charge on any atom is 0.416 e. The van der Waals surface area contributed by atoms with Crippen LogP contribution in [0.15, 0.2) is 29.6 Å². The number of aromatic nitrogens is 1. The van der Waals surface area contributed by atoms with Gasteiger partial charge < -0.3 is 5.73 Å². The molecule has 2 aromatic rings. The molecule has 1 aromatic carbocycles. The standard InChI is InChI=1S/C11H7F3N2OS/c12-11(13,14)7-3-1-2-6(4-7)9-8(10(15)17)5-18-16-9/h1-5H,(H2,15,17). The van der Waals surface area contributed by atoms with Gasteiger partial charge in [0.15, 0.2) is 0 Å². The second-order valence-corrected chi connectivity index (χ2v) is 4.15. The molecule has 1 aromatic heterocycles. The normalized spacial score (nSPS) is 11.5. The minimum absolute atomic E-state index is 0.124. The highest BCUT2D eigenvalue weighted by molar-refractivity contribution is 7.04. The van der Waals surface area contributed by atoms with Gasteiger partial charge >= 0.3 is 6.18 Å². The number of nitrogens with zero attached hydrogens (tertiary/aromatic N) is 1. The maximum absolute atomic E-state index is 12.6. The summed E-state index contributed by atoms with van der Waals surface area (Å²) in [5.74, 6) is -0.712. The van der Waals surface area contributed by atoms with E-state index in [2.05, 4.69) is 4.37 Å². The third-order valence-corrected chi connectivity index (χ3v) is 2.93. The molecule has 0 saturated carbocycles. The molecule has 0 aliphatic carbocycles. The summed E-state index contributed by atoms with van der Waals surface area (Å²) in [6, 6.07) is 4.63. The number of hydrogen-bond acceptors (Lipinski definition) is 3. The van der Waals surface area contributed by atoms with Gasteiger partial charge in [0, 0.05) is 10.9 Å². The first kappa shape index (κ1) is 12.6. The predicted octanol–water partition coefficient (Wildman–Crippen LogP) is 2.93. The van der Waals surface area contributed by atoms with Crippen molar-refractivity contribution in [1.29, 1.82) is 0 Å². The Hall–Kier alpha value is -1.89. The number of alkyl halides is 3. The Kier molecular flexibility index (Phi) is 3.08. The SMILES string of the molecule is NC(=O)c1csnc1-c1cccc(C(F)(F)F)c1. The fourth-order valence-corrected chi connectivity index (χ4v) is 2.16. The molecule has 0 aliphatic heterocycles. The summed E-state index contributed by atoms with van der Waals surface area (Å²) in [6.07, 6.45) is -4.43. The Balaban J connectivity index is 2.52. The summed E-state index contributed by atoms with van der Waals surface area (Å²) in [6.45, 7) is 0. The zero-order valence-electron chi connectivity index (χ0n) is 8.86. The van der Waals surface area contributed by atoms with E-state index < -0.39 is 17.6 Å². The first-order valence-electron chi connectivity index (χ1n) is 4.81. The van der Waals surface area contributed by atoms with E-state index in [9.17, 15) is 18.0 Å². The van der Waals surface area contributed by atoms with Gasteiger partial charge in [0.05, 0.1) is 16.8 Å². The van der Waals surface area contributed by atoms with Crippen LogP contribution >= 0.6 is 11.5 Å². The molecule has 18 heavy (non-hydrogen) atoms. The molecular formula is C11H7F3N2OS. The molecule has 1 heterocycles. The number of primary amides is 1. The average Bonchev–Trinajstić information content (AvgIpc) is 2.77. The summed E-state index contributed by atoms with van der Waals surface area (Å²) < 4.78 is 41.6. The van der Waals surface area contributed by atoms with E-state index in [1.54, 1.807) is 0 Å². The number of nitrogens with two attached hydrogens (primary N) is 1. The van der Waals surface area contributed by atoms with Gasteiger partial charge in [-0.3, -0.25) is 4.79 Å². The van der Waals surface area contributed by atoms with Gasteiger partial charge in [0.1, 0.15) is 0 Å². The van der Waals surface area contributed by atoms with E-state index in [-0.39, 0.29) is 16.8 Å². The molecule has 94 valence electrons. The molecule has 2 rings (SSSR count). The number of benzene rings is 1. The van der Waals surface area contributed by atoms with E-state index in [0.717, 1.165) is 23.7 Å². The fourth-order valence-electron chi connectivity index (χ4n) is 1.46. The lowest BCUT2D eigenvalue weighted by Gasteiger charge is -2.08. The number of amides is 1. The van der Waals surface area contributed by atoms with Gasteiger partial charge in [-0.25, -0.2) is 0 Å². The minimum atomic E-state index is -4.43. The van der Waals surface area contributed by atoms with Crippen LogP contribution in [0.25, 0.3) is 11.3 Å². The summed E-state index contributed by atoms with van der Waals surface area (Å²) in [5.41, 5.74) is 4.86. The molecule has 0 bridgehead atoms. The Morgan fingerprint density at radius 3 is 2.67 bits per heavy atom. The molecule has 0 atom stereocenters. The number of halogens is 3. The molecule has 7 heteroatoms. The number of hydrogen-bond donors (Lipinski definition) is 1. The lowest BCUT2D eigenvalue weighted by molar-refractivity contribution is -0.137. The number of rotatable bonds is 2. The van der Waals surface area contributed by atoms with Crippen molar-refractivity contribution >= 4 is 17.4 Å². The van der Waals surface area contributed by atoms with Crippen molar-refractivity contribution in [2.45, 2.75) is 6.18 Å². The molecule has 0 fully saturated rings. The summed E-state index contributed by atoms with van der Waals surface area (Å²) in [5, 5.41) is 1.41. The highest BCUT2D eigenvalue weighted by atomic mass is 32.1. The van der Waals surface area contributed by atoms with Gasteiger partial charge in [-0.15, -0.1) is 0 Å². The Morgan fingerprint density at radius 1 is 1.33 bits per heavy atom. The van der Waals surface area contributed by atoms with Crippen molar-refractivity contribution in [2.24, 2.45) is 5.73 Å². The smallest absolute Gasteiger partial charge is 0.366 e. The monoisotopic (exact) mass is 272 g/mol. The van der Waals surface area contributed by atoms with Gasteiger partial charge in [0.25, 0.3) is 5.91 Å². The molecule has 0 radical (unpaired) electrons.